The molecule has 0 spiro atoms. The van der Waals surface area contributed by atoms with E-state index in [9.17, 15) is 22.4 Å². The van der Waals surface area contributed by atoms with Gasteiger partial charge in [0, 0.05) is 18.0 Å². The number of benzene rings is 1. The van der Waals surface area contributed by atoms with Gasteiger partial charge in [-0.05, 0) is 19.9 Å². The van der Waals surface area contributed by atoms with E-state index in [-0.39, 0.29) is 6.07 Å². The lowest BCUT2D eigenvalue weighted by atomic mass is 10.2. The average molecular weight is 301 g/mol. The summed E-state index contributed by atoms with van der Waals surface area (Å²) >= 11 is 0. The van der Waals surface area contributed by atoms with E-state index in [4.69, 9.17) is 0 Å². The number of carbonyl (C=O) groups is 1. The molecule has 112 valence electrons. The Labute approximate surface area is 117 Å². The normalized spacial score (nSPS) is 12.3. The highest BCUT2D eigenvalue weighted by atomic mass is 19.2. The van der Waals surface area contributed by atoms with Crippen LogP contribution in [0.2, 0.25) is 0 Å². The maximum atomic E-state index is 13.5. The Morgan fingerprint density at radius 2 is 1.81 bits per heavy atom. The van der Waals surface area contributed by atoms with Gasteiger partial charge in [-0.3, -0.25) is 9.48 Å². The minimum absolute atomic E-state index is 0.0708. The fourth-order valence-corrected chi connectivity index (χ4v) is 1.81. The van der Waals surface area contributed by atoms with E-state index in [2.05, 4.69) is 5.10 Å². The molecule has 2 aromatic rings. The van der Waals surface area contributed by atoms with E-state index in [0.29, 0.717) is 5.69 Å². The Hall–Kier alpha value is -2.38. The Morgan fingerprint density at radius 1 is 1.24 bits per heavy atom. The Bertz CT molecular complexity index is 673. The van der Waals surface area contributed by atoms with Crippen LogP contribution in [-0.2, 0) is 4.79 Å². The highest BCUT2D eigenvalue weighted by Crippen LogP contribution is 2.25. The third-order valence-corrected chi connectivity index (χ3v) is 2.97. The molecule has 0 aliphatic heterocycles. The highest BCUT2D eigenvalue weighted by molar-refractivity contribution is 5.93. The van der Waals surface area contributed by atoms with E-state index in [1.807, 2.05) is 5.32 Å². The third-order valence-electron chi connectivity index (χ3n) is 2.97. The first-order chi connectivity index (χ1) is 9.82. The lowest BCUT2D eigenvalue weighted by Gasteiger charge is -2.15. The number of amides is 1. The van der Waals surface area contributed by atoms with Crippen LogP contribution in [0, 0.1) is 30.2 Å². The van der Waals surface area contributed by atoms with Crippen molar-refractivity contribution in [3.63, 3.8) is 0 Å². The second-order valence-electron chi connectivity index (χ2n) is 4.43. The summed E-state index contributed by atoms with van der Waals surface area (Å²) in [7, 11) is 0. The number of aryl methyl sites for hydroxylation is 1. The molecule has 21 heavy (non-hydrogen) atoms. The van der Waals surface area contributed by atoms with Crippen molar-refractivity contribution in [2.75, 3.05) is 5.32 Å². The molecule has 4 nitrogen and oxygen atoms in total. The molecule has 0 radical (unpaired) electrons. The number of nitrogens with zero attached hydrogens (tertiary/aromatic N) is 2. The van der Waals surface area contributed by atoms with Gasteiger partial charge in [0.25, 0.3) is 0 Å². The van der Waals surface area contributed by atoms with Crippen LogP contribution in [0.15, 0.2) is 18.3 Å². The van der Waals surface area contributed by atoms with Gasteiger partial charge in [-0.15, -0.1) is 0 Å². The first kappa shape index (κ1) is 15.0. The number of nitrogens with one attached hydrogen (secondary N) is 1. The molecule has 1 N–H and O–H groups in total. The van der Waals surface area contributed by atoms with E-state index < -0.39 is 40.9 Å². The average Bonchev–Trinajstić information content (AvgIpc) is 2.86. The van der Waals surface area contributed by atoms with Crippen molar-refractivity contribution in [1.29, 1.82) is 0 Å². The maximum Gasteiger partial charge on any atom is 0.249 e. The lowest BCUT2D eigenvalue weighted by molar-refractivity contribution is -0.119. The fraction of sp³-hybridized carbons (Fsp3) is 0.231. The molecule has 1 unspecified atom stereocenters. The van der Waals surface area contributed by atoms with Crippen LogP contribution in [0.25, 0.3) is 0 Å². The summed E-state index contributed by atoms with van der Waals surface area (Å²) in [5.74, 6) is -7.36. The van der Waals surface area contributed by atoms with Gasteiger partial charge in [-0.1, -0.05) is 0 Å². The standard InChI is InChI=1S/C13H11F4N3O/c1-6-3-4-18-20(6)7(2)13(21)19-12-10(16)8(14)5-9(15)11(12)17/h3-5,7H,1-2H3,(H,19,21). The Morgan fingerprint density at radius 3 is 2.29 bits per heavy atom. The molecule has 2 rings (SSSR count). The van der Waals surface area contributed by atoms with E-state index in [1.54, 1.807) is 13.0 Å². The largest absolute Gasteiger partial charge is 0.319 e. The first-order valence-electron chi connectivity index (χ1n) is 5.97. The van der Waals surface area contributed by atoms with E-state index >= 15 is 0 Å². The summed E-state index contributed by atoms with van der Waals surface area (Å²) in [5, 5.41) is 5.72. The van der Waals surface area contributed by atoms with Gasteiger partial charge in [0.05, 0.1) is 0 Å². The maximum absolute atomic E-state index is 13.5. The minimum Gasteiger partial charge on any atom is -0.319 e. The SMILES string of the molecule is Cc1ccnn1C(C)C(=O)Nc1c(F)c(F)cc(F)c1F. The summed E-state index contributed by atoms with van der Waals surface area (Å²) in [4.78, 5) is 11.9. The number of hydrogen-bond acceptors (Lipinski definition) is 2. The quantitative estimate of drug-likeness (QED) is 0.700. The van der Waals surface area contributed by atoms with Crippen LogP contribution in [-0.4, -0.2) is 15.7 Å². The number of hydrogen-bond donors (Lipinski definition) is 1. The summed E-state index contributed by atoms with van der Waals surface area (Å²) < 4.78 is 54.4. The van der Waals surface area contributed by atoms with Gasteiger partial charge in [0.1, 0.15) is 11.7 Å². The van der Waals surface area contributed by atoms with Crippen molar-refractivity contribution in [3.8, 4) is 0 Å². The molecule has 0 aliphatic carbocycles. The van der Waals surface area contributed by atoms with Crippen molar-refractivity contribution < 1.29 is 22.4 Å². The molecule has 8 heteroatoms. The molecule has 0 saturated heterocycles. The van der Waals surface area contributed by atoms with Crippen molar-refractivity contribution in [3.05, 3.63) is 47.3 Å². The molecular weight excluding hydrogens is 290 g/mol. The van der Waals surface area contributed by atoms with Crippen LogP contribution in [0.3, 0.4) is 0 Å². The number of rotatable bonds is 3. The summed E-state index contributed by atoms with van der Waals surface area (Å²) in [6.07, 6.45) is 1.45. The number of aromatic nitrogens is 2. The van der Waals surface area contributed by atoms with Gasteiger partial charge in [-0.25, -0.2) is 17.6 Å². The van der Waals surface area contributed by atoms with Crippen molar-refractivity contribution in [1.82, 2.24) is 9.78 Å². The lowest BCUT2D eigenvalue weighted by Crippen LogP contribution is -2.26. The monoisotopic (exact) mass is 301 g/mol. The highest BCUT2D eigenvalue weighted by Gasteiger charge is 2.24. The van der Waals surface area contributed by atoms with Crippen molar-refractivity contribution in [2.24, 2.45) is 0 Å². The topological polar surface area (TPSA) is 46.9 Å². The predicted molar refractivity (Wildman–Crippen MR) is 66.6 cm³/mol. The molecule has 0 fully saturated rings. The van der Waals surface area contributed by atoms with E-state index in [0.717, 1.165) is 0 Å². The van der Waals surface area contributed by atoms with Crippen molar-refractivity contribution in [2.45, 2.75) is 19.9 Å². The molecule has 1 aromatic carbocycles. The smallest absolute Gasteiger partial charge is 0.249 e. The second-order valence-corrected chi connectivity index (χ2v) is 4.43. The molecule has 0 aliphatic rings. The van der Waals surface area contributed by atoms with Gasteiger partial charge in [-0.2, -0.15) is 5.10 Å². The third kappa shape index (κ3) is 2.74. The van der Waals surface area contributed by atoms with Crippen LogP contribution >= 0.6 is 0 Å². The molecule has 1 aromatic heterocycles. The fourth-order valence-electron chi connectivity index (χ4n) is 1.81. The number of anilines is 1. The summed E-state index contributed by atoms with van der Waals surface area (Å²) in [5.41, 5.74) is -0.516. The van der Waals surface area contributed by atoms with E-state index in [1.165, 1.54) is 17.8 Å². The summed E-state index contributed by atoms with van der Waals surface area (Å²) in [6, 6.07) is 0.791. The summed E-state index contributed by atoms with van der Waals surface area (Å²) in [6.45, 7) is 3.11. The number of carbonyl (C=O) groups excluding carboxylic acids is 1. The van der Waals surface area contributed by atoms with Gasteiger partial charge < -0.3 is 5.32 Å². The number of halogens is 4. The van der Waals surface area contributed by atoms with Gasteiger partial charge >= 0.3 is 0 Å². The zero-order chi connectivity index (χ0) is 15.7. The zero-order valence-corrected chi connectivity index (χ0v) is 11.1. The van der Waals surface area contributed by atoms with Crippen LogP contribution in [0.4, 0.5) is 23.2 Å². The first-order valence-corrected chi connectivity index (χ1v) is 5.97. The molecule has 1 amide bonds. The van der Waals surface area contributed by atoms with Gasteiger partial charge in [0.15, 0.2) is 23.3 Å². The molecular formula is C13H11F4N3O. The molecule has 1 heterocycles. The zero-order valence-electron chi connectivity index (χ0n) is 11.1. The minimum atomic E-state index is -1.66. The van der Waals surface area contributed by atoms with Crippen LogP contribution in [0.5, 0.6) is 0 Å². The van der Waals surface area contributed by atoms with Crippen molar-refractivity contribution >= 4 is 11.6 Å². The Kier molecular flexibility index (Phi) is 3.97. The van der Waals surface area contributed by atoms with Crippen LogP contribution in [0.1, 0.15) is 18.7 Å². The molecule has 0 bridgehead atoms. The predicted octanol–water partition coefficient (Wildman–Crippen LogP) is 2.95. The second kappa shape index (κ2) is 5.55. The Balaban J connectivity index is 2.31. The molecule has 1 atom stereocenters. The van der Waals surface area contributed by atoms with Gasteiger partial charge in [0.2, 0.25) is 5.91 Å². The van der Waals surface area contributed by atoms with Crippen LogP contribution < -0.4 is 5.32 Å². The molecule has 0 saturated carbocycles.